The van der Waals surface area contributed by atoms with E-state index >= 15 is 0 Å². The number of benzene rings is 2. The van der Waals surface area contributed by atoms with Crippen LogP contribution in [0, 0.1) is 0 Å². The number of methoxy groups -OCH3 is 1. The molecule has 9 heteroatoms. The quantitative estimate of drug-likeness (QED) is 0.638. The first kappa shape index (κ1) is 22.8. The number of carbonyl (C=O) groups excluding carboxylic acids is 1. The molecule has 158 valence electrons. The molecule has 0 saturated carbocycles. The van der Waals surface area contributed by atoms with Crippen molar-refractivity contribution >= 4 is 38.9 Å². The zero-order valence-corrected chi connectivity index (χ0v) is 18.4. The van der Waals surface area contributed by atoms with Gasteiger partial charge in [0.05, 0.1) is 30.7 Å². The third-order valence-electron chi connectivity index (χ3n) is 4.15. The summed E-state index contributed by atoms with van der Waals surface area (Å²) >= 11 is 6.16. The maximum absolute atomic E-state index is 12.9. The topological polar surface area (TPSA) is 84.9 Å². The van der Waals surface area contributed by atoms with Crippen LogP contribution in [-0.4, -0.2) is 40.3 Å². The molecule has 0 radical (unpaired) electrons. The molecule has 0 saturated heterocycles. The number of carbonyl (C=O) groups is 1. The van der Waals surface area contributed by atoms with E-state index in [-0.39, 0.29) is 17.1 Å². The number of amides is 1. The van der Waals surface area contributed by atoms with Crippen molar-refractivity contribution in [1.29, 1.82) is 0 Å². The second-order valence-electron chi connectivity index (χ2n) is 6.25. The van der Waals surface area contributed by atoms with Gasteiger partial charge < -0.3 is 14.8 Å². The molecule has 29 heavy (non-hydrogen) atoms. The van der Waals surface area contributed by atoms with E-state index in [0.29, 0.717) is 23.8 Å². The van der Waals surface area contributed by atoms with Gasteiger partial charge in [-0.25, -0.2) is 8.42 Å². The van der Waals surface area contributed by atoms with Crippen molar-refractivity contribution in [3.05, 3.63) is 47.5 Å². The van der Waals surface area contributed by atoms with E-state index in [0.717, 1.165) is 10.6 Å². The Kier molecular flexibility index (Phi) is 7.75. The van der Waals surface area contributed by atoms with E-state index in [1.165, 1.54) is 13.2 Å². The van der Waals surface area contributed by atoms with Gasteiger partial charge in [0.25, 0.3) is 0 Å². The molecule has 0 heterocycles. The van der Waals surface area contributed by atoms with Crippen LogP contribution in [0.5, 0.6) is 11.5 Å². The van der Waals surface area contributed by atoms with Gasteiger partial charge in [0, 0.05) is 5.69 Å². The maximum Gasteiger partial charge on any atom is 0.248 e. The average Bonchev–Trinajstić information content (AvgIpc) is 2.66. The highest BCUT2D eigenvalue weighted by Gasteiger charge is 2.32. The van der Waals surface area contributed by atoms with Gasteiger partial charge in [0.2, 0.25) is 15.9 Å². The highest BCUT2D eigenvalue weighted by atomic mass is 35.5. The van der Waals surface area contributed by atoms with E-state index in [2.05, 4.69) is 5.32 Å². The Morgan fingerprint density at radius 1 is 1.17 bits per heavy atom. The Balaban J connectivity index is 2.33. The Bertz CT molecular complexity index is 948. The van der Waals surface area contributed by atoms with E-state index in [1.54, 1.807) is 43.3 Å². The molecule has 0 aliphatic heterocycles. The van der Waals surface area contributed by atoms with Crippen LogP contribution in [0.3, 0.4) is 0 Å². The lowest BCUT2D eigenvalue weighted by molar-refractivity contribution is -0.117. The first-order chi connectivity index (χ1) is 13.7. The summed E-state index contributed by atoms with van der Waals surface area (Å²) in [4.78, 5) is 12.9. The molecule has 1 atom stereocenters. The van der Waals surface area contributed by atoms with Crippen molar-refractivity contribution in [2.24, 2.45) is 0 Å². The number of rotatable bonds is 9. The lowest BCUT2D eigenvalue weighted by Gasteiger charge is -2.30. The summed E-state index contributed by atoms with van der Waals surface area (Å²) in [5.74, 6) is 0.646. The minimum absolute atomic E-state index is 0.250. The number of nitrogens with one attached hydrogen (secondary N) is 1. The zero-order valence-electron chi connectivity index (χ0n) is 16.8. The predicted molar refractivity (Wildman–Crippen MR) is 116 cm³/mol. The molecule has 2 aromatic rings. The van der Waals surface area contributed by atoms with Crippen LogP contribution in [0.15, 0.2) is 42.5 Å². The standard InChI is InChI=1S/C20H25ClN2O5S/c1-5-18(20(24)22-14-7-10-16(11-8-14)28-6-2)23(29(4,25)26)15-9-12-19(27-3)17(21)13-15/h7-13,18H,5-6H2,1-4H3,(H,22,24)/t18-/m1/s1. The fourth-order valence-corrected chi connectivity index (χ4v) is 4.33. The molecule has 0 fully saturated rings. The molecule has 2 rings (SSSR count). The largest absolute Gasteiger partial charge is 0.495 e. The number of hydrogen-bond acceptors (Lipinski definition) is 5. The molecule has 1 N–H and O–H groups in total. The van der Waals surface area contributed by atoms with Crippen molar-refractivity contribution in [3.63, 3.8) is 0 Å². The number of sulfonamides is 1. The van der Waals surface area contributed by atoms with Gasteiger partial charge in [-0.1, -0.05) is 18.5 Å². The summed E-state index contributed by atoms with van der Waals surface area (Å²) in [7, 11) is -2.30. The maximum atomic E-state index is 12.9. The van der Waals surface area contributed by atoms with E-state index in [1.807, 2.05) is 6.92 Å². The van der Waals surface area contributed by atoms with Crippen LogP contribution in [0.4, 0.5) is 11.4 Å². The van der Waals surface area contributed by atoms with Crippen LogP contribution in [-0.2, 0) is 14.8 Å². The summed E-state index contributed by atoms with van der Waals surface area (Å²) in [6.45, 7) is 4.16. The van der Waals surface area contributed by atoms with Crippen molar-refractivity contribution in [1.82, 2.24) is 0 Å². The molecule has 0 bridgehead atoms. The van der Waals surface area contributed by atoms with Gasteiger partial charge in [-0.2, -0.15) is 0 Å². The molecule has 0 aliphatic rings. The second kappa shape index (κ2) is 9.84. The summed E-state index contributed by atoms with van der Waals surface area (Å²) < 4.78 is 36.6. The second-order valence-corrected chi connectivity index (χ2v) is 8.51. The number of nitrogens with zero attached hydrogens (tertiary/aromatic N) is 1. The Morgan fingerprint density at radius 3 is 2.31 bits per heavy atom. The minimum Gasteiger partial charge on any atom is -0.495 e. The zero-order chi connectivity index (χ0) is 21.6. The van der Waals surface area contributed by atoms with E-state index in [4.69, 9.17) is 21.1 Å². The average molecular weight is 441 g/mol. The van der Waals surface area contributed by atoms with Crippen LogP contribution in [0.25, 0.3) is 0 Å². The van der Waals surface area contributed by atoms with Gasteiger partial charge in [0.1, 0.15) is 17.5 Å². The number of hydrogen-bond donors (Lipinski definition) is 1. The molecule has 7 nitrogen and oxygen atoms in total. The Hall–Kier alpha value is -2.45. The highest BCUT2D eigenvalue weighted by molar-refractivity contribution is 7.92. The monoisotopic (exact) mass is 440 g/mol. The molecular weight excluding hydrogens is 416 g/mol. The smallest absolute Gasteiger partial charge is 0.248 e. The molecule has 1 amide bonds. The number of ether oxygens (including phenoxy) is 2. The Labute approximate surface area is 176 Å². The summed E-state index contributed by atoms with van der Waals surface area (Å²) in [5, 5.41) is 3.01. The first-order valence-electron chi connectivity index (χ1n) is 9.07. The lowest BCUT2D eigenvalue weighted by Crippen LogP contribution is -2.47. The third kappa shape index (κ3) is 5.77. The Morgan fingerprint density at radius 2 is 1.83 bits per heavy atom. The first-order valence-corrected chi connectivity index (χ1v) is 11.3. The van der Waals surface area contributed by atoms with Gasteiger partial charge in [-0.15, -0.1) is 0 Å². The minimum atomic E-state index is -3.76. The summed E-state index contributed by atoms with van der Waals surface area (Å²) in [6.07, 6.45) is 1.32. The molecule has 0 aromatic heterocycles. The third-order valence-corrected chi connectivity index (χ3v) is 5.63. The fraction of sp³-hybridized carbons (Fsp3) is 0.350. The van der Waals surface area contributed by atoms with Crippen LogP contribution in [0.2, 0.25) is 5.02 Å². The van der Waals surface area contributed by atoms with Gasteiger partial charge in [-0.05, 0) is 55.8 Å². The van der Waals surface area contributed by atoms with Crippen LogP contribution >= 0.6 is 11.6 Å². The number of halogens is 1. The summed E-state index contributed by atoms with van der Waals surface area (Å²) in [6, 6.07) is 10.5. The number of anilines is 2. The van der Waals surface area contributed by atoms with E-state index in [9.17, 15) is 13.2 Å². The van der Waals surface area contributed by atoms with Gasteiger partial charge >= 0.3 is 0 Å². The molecule has 2 aromatic carbocycles. The highest BCUT2D eigenvalue weighted by Crippen LogP contribution is 2.32. The fourth-order valence-electron chi connectivity index (χ4n) is 2.88. The SMILES string of the molecule is CCOc1ccc(NC(=O)[C@@H](CC)N(c2ccc(OC)c(Cl)c2)S(C)(=O)=O)cc1. The molecule has 0 unspecified atom stereocenters. The molecule has 0 spiro atoms. The van der Waals surface area contributed by atoms with Crippen LogP contribution < -0.4 is 19.1 Å². The van der Waals surface area contributed by atoms with Crippen molar-refractivity contribution in [3.8, 4) is 11.5 Å². The van der Waals surface area contributed by atoms with Crippen LogP contribution in [0.1, 0.15) is 20.3 Å². The predicted octanol–water partition coefficient (Wildman–Crippen LogP) is 3.93. The molecular formula is C20H25ClN2O5S. The van der Waals surface area contributed by atoms with E-state index < -0.39 is 22.0 Å². The lowest BCUT2D eigenvalue weighted by atomic mass is 10.1. The summed E-state index contributed by atoms with van der Waals surface area (Å²) in [5.41, 5.74) is 0.824. The molecule has 0 aliphatic carbocycles. The van der Waals surface area contributed by atoms with Crippen molar-refractivity contribution in [2.75, 3.05) is 29.6 Å². The van der Waals surface area contributed by atoms with Crippen molar-refractivity contribution in [2.45, 2.75) is 26.3 Å². The van der Waals surface area contributed by atoms with Gasteiger partial charge in [0.15, 0.2) is 0 Å². The van der Waals surface area contributed by atoms with Gasteiger partial charge in [-0.3, -0.25) is 9.10 Å². The normalized spacial score (nSPS) is 12.2. The van der Waals surface area contributed by atoms with Crippen molar-refractivity contribution < 1.29 is 22.7 Å².